The predicted octanol–water partition coefficient (Wildman–Crippen LogP) is -0.158. The van der Waals surface area contributed by atoms with Crippen LogP contribution >= 0.6 is 11.8 Å². The maximum absolute atomic E-state index is 11.6. The van der Waals surface area contributed by atoms with Crippen molar-refractivity contribution in [1.29, 1.82) is 0 Å². The largest absolute Gasteiger partial charge is 0.481 e. The van der Waals surface area contributed by atoms with Crippen LogP contribution in [0.3, 0.4) is 0 Å². The maximum Gasteiger partial charge on any atom is 0.344 e. The van der Waals surface area contributed by atoms with Crippen molar-refractivity contribution in [2.24, 2.45) is 0 Å². The highest BCUT2D eigenvalue weighted by Crippen LogP contribution is 2.19. The molecular weight excluding hydrogens is 256 g/mol. The lowest BCUT2D eigenvalue weighted by atomic mass is 10.2. The molecule has 2 rings (SSSR count). The lowest BCUT2D eigenvalue weighted by Gasteiger charge is -2.19. The molecule has 7 nitrogen and oxygen atoms in total. The minimum Gasteiger partial charge on any atom is -0.481 e. The fraction of sp³-hybridized carbons (Fsp3) is 0.700. The zero-order valence-corrected chi connectivity index (χ0v) is 10.9. The quantitative estimate of drug-likeness (QED) is 0.724. The van der Waals surface area contributed by atoms with Crippen molar-refractivity contribution < 1.29 is 9.90 Å². The van der Waals surface area contributed by atoms with Crippen LogP contribution in [0.2, 0.25) is 0 Å². The van der Waals surface area contributed by atoms with E-state index >= 15 is 0 Å². The summed E-state index contributed by atoms with van der Waals surface area (Å²) in [6.07, 6.45) is 2.18. The molecule has 18 heavy (non-hydrogen) atoms. The van der Waals surface area contributed by atoms with Crippen LogP contribution in [0.15, 0.2) is 9.95 Å². The van der Waals surface area contributed by atoms with Crippen molar-refractivity contribution in [3.63, 3.8) is 0 Å². The number of rotatable bonds is 5. The van der Waals surface area contributed by atoms with Gasteiger partial charge in [0.1, 0.15) is 0 Å². The molecule has 0 aromatic carbocycles. The summed E-state index contributed by atoms with van der Waals surface area (Å²) >= 11 is 1.06. The number of thioether (sulfide) groups is 1. The summed E-state index contributed by atoms with van der Waals surface area (Å²) in [6, 6.07) is 0.324. The Kier molecular flexibility index (Phi) is 4.07. The first-order valence-electron chi connectivity index (χ1n) is 5.78. The molecule has 0 aliphatic carbocycles. The van der Waals surface area contributed by atoms with Crippen molar-refractivity contribution in [2.75, 3.05) is 19.3 Å². The number of aromatic nitrogens is 3. The predicted molar refractivity (Wildman–Crippen MR) is 66.9 cm³/mol. The molecule has 2 N–H and O–H groups in total. The van der Waals surface area contributed by atoms with E-state index in [4.69, 9.17) is 5.11 Å². The number of H-pyrrole nitrogens is 1. The van der Waals surface area contributed by atoms with Gasteiger partial charge in [-0.1, -0.05) is 11.8 Å². The summed E-state index contributed by atoms with van der Waals surface area (Å²) in [5, 5.41) is 15.3. The van der Waals surface area contributed by atoms with Gasteiger partial charge in [-0.3, -0.25) is 9.36 Å². The molecule has 0 bridgehead atoms. The number of carboxylic acid groups (broad SMARTS) is 1. The summed E-state index contributed by atoms with van der Waals surface area (Å²) in [4.78, 5) is 24.4. The highest BCUT2D eigenvalue weighted by atomic mass is 32.2. The third-order valence-corrected chi connectivity index (χ3v) is 4.07. The standard InChI is InChI=1S/C10H16N4O3S/c1-13-4-2-3-7(13)5-14-9(17)11-12-10(14)18-6-8(15)16/h7H,2-6H2,1H3,(H,11,17)(H,15,16). The Hall–Kier alpha value is -1.28. The molecule has 1 fully saturated rings. The highest BCUT2D eigenvalue weighted by molar-refractivity contribution is 7.99. The maximum atomic E-state index is 11.6. The molecule has 2 heterocycles. The van der Waals surface area contributed by atoms with Gasteiger partial charge in [-0.05, 0) is 26.4 Å². The van der Waals surface area contributed by atoms with Gasteiger partial charge in [0, 0.05) is 12.6 Å². The third-order valence-electron chi connectivity index (χ3n) is 3.11. The molecule has 100 valence electrons. The highest BCUT2D eigenvalue weighted by Gasteiger charge is 2.23. The van der Waals surface area contributed by atoms with E-state index in [-0.39, 0.29) is 11.4 Å². The molecule has 0 saturated carbocycles. The van der Waals surface area contributed by atoms with Gasteiger partial charge in [0.15, 0.2) is 5.16 Å². The van der Waals surface area contributed by atoms with Gasteiger partial charge in [-0.25, -0.2) is 9.89 Å². The van der Waals surface area contributed by atoms with Crippen LogP contribution in [0.1, 0.15) is 12.8 Å². The van der Waals surface area contributed by atoms with E-state index in [9.17, 15) is 9.59 Å². The Balaban J connectivity index is 2.08. The Labute approximate surface area is 108 Å². The summed E-state index contributed by atoms with van der Waals surface area (Å²) in [5.74, 6) is -1.01. The molecule has 1 aliphatic rings. The van der Waals surface area contributed by atoms with Gasteiger partial charge in [0.25, 0.3) is 0 Å². The number of hydrogen-bond donors (Lipinski definition) is 2. The molecular formula is C10H16N4O3S. The average molecular weight is 272 g/mol. The van der Waals surface area contributed by atoms with Gasteiger partial charge in [-0.15, -0.1) is 5.10 Å². The van der Waals surface area contributed by atoms with Crippen molar-refractivity contribution in [3.8, 4) is 0 Å². The number of carboxylic acids is 1. The molecule has 0 radical (unpaired) electrons. The first kappa shape index (κ1) is 13.2. The summed E-state index contributed by atoms with van der Waals surface area (Å²) < 4.78 is 1.53. The summed E-state index contributed by atoms with van der Waals surface area (Å²) in [7, 11) is 2.03. The van der Waals surface area contributed by atoms with Crippen molar-refractivity contribution >= 4 is 17.7 Å². The molecule has 1 saturated heterocycles. The van der Waals surface area contributed by atoms with E-state index in [0.29, 0.717) is 17.7 Å². The smallest absolute Gasteiger partial charge is 0.344 e. The lowest BCUT2D eigenvalue weighted by Crippen LogP contribution is -2.33. The molecule has 1 aromatic heterocycles. The van der Waals surface area contributed by atoms with E-state index < -0.39 is 5.97 Å². The van der Waals surface area contributed by atoms with Crippen LogP contribution in [-0.4, -0.2) is 56.1 Å². The molecule has 0 amide bonds. The van der Waals surface area contributed by atoms with Crippen molar-refractivity contribution in [2.45, 2.75) is 30.6 Å². The van der Waals surface area contributed by atoms with Gasteiger partial charge in [-0.2, -0.15) is 0 Å². The zero-order chi connectivity index (χ0) is 13.1. The monoisotopic (exact) mass is 272 g/mol. The Morgan fingerprint density at radius 3 is 3.06 bits per heavy atom. The molecule has 1 aromatic rings. The number of carbonyl (C=O) groups is 1. The lowest BCUT2D eigenvalue weighted by molar-refractivity contribution is -0.133. The Morgan fingerprint density at radius 1 is 1.67 bits per heavy atom. The molecule has 1 unspecified atom stereocenters. The number of likely N-dealkylation sites (N-methyl/N-ethyl adjacent to an activating group) is 1. The van der Waals surface area contributed by atoms with Gasteiger partial charge < -0.3 is 10.0 Å². The van der Waals surface area contributed by atoms with Crippen LogP contribution in [0.4, 0.5) is 0 Å². The topological polar surface area (TPSA) is 91.2 Å². The van der Waals surface area contributed by atoms with E-state index in [1.165, 1.54) is 4.57 Å². The minimum absolute atomic E-state index is 0.0925. The van der Waals surface area contributed by atoms with Crippen LogP contribution in [0.5, 0.6) is 0 Å². The van der Waals surface area contributed by atoms with E-state index in [1.54, 1.807) is 0 Å². The fourth-order valence-electron chi connectivity index (χ4n) is 2.12. The number of nitrogens with zero attached hydrogens (tertiary/aromatic N) is 3. The first-order valence-corrected chi connectivity index (χ1v) is 6.76. The van der Waals surface area contributed by atoms with Crippen LogP contribution in [0.25, 0.3) is 0 Å². The number of likely N-dealkylation sites (tertiary alicyclic amines) is 1. The third kappa shape index (κ3) is 2.94. The second-order valence-electron chi connectivity index (χ2n) is 4.38. The summed E-state index contributed by atoms with van der Waals surface area (Å²) in [5.41, 5.74) is -0.275. The SMILES string of the molecule is CN1CCCC1Cn1c(SCC(=O)O)n[nH]c1=O. The average Bonchev–Trinajstić information content (AvgIpc) is 2.86. The second kappa shape index (κ2) is 5.57. The number of aromatic amines is 1. The van der Waals surface area contributed by atoms with E-state index in [2.05, 4.69) is 15.1 Å². The number of nitrogens with one attached hydrogen (secondary N) is 1. The fourth-order valence-corrected chi connectivity index (χ4v) is 2.80. The Bertz CT molecular complexity index is 484. The first-order chi connectivity index (χ1) is 8.58. The molecule has 1 aliphatic heterocycles. The van der Waals surface area contributed by atoms with Crippen molar-refractivity contribution in [3.05, 3.63) is 10.5 Å². The minimum atomic E-state index is -0.917. The van der Waals surface area contributed by atoms with Crippen LogP contribution in [0, 0.1) is 0 Å². The van der Waals surface area contributed by atoms with Crippen LogP contribution in [-0.2, 0) is 11.3 Å². The molecule has 8 heteroatoms. The number of aliphatic carboxylic acids is 1. The number of hydrogen-bond acceptors (Lipinski definition) is 5. The Morgan fingerprint density at radius 2 is 2.44 bits per heavy atom. The van der Waals surface area contributed by atoms with E-state index in [1.807, 2.05) is 7.05 Å². The zero-order valence-electron chi connectivity index (χ0n) is 10.1. The molecule has 0 spiro atoms. The second-order valence-corrected chi connectivity index (χ2v) is 5.32. The van der Waals surface area contributed by atoms with Gasteiger partial charge in [0.2, 0.25) is 0 Å². The van der Waals surface area contributed by atoms with Crippen LogP contribution < -0.4 is 5.69 Å². The van der Waals surface area contributed by atoms with Gasteiger partial charge in [0.05, 0.1) is 5.75 Å². The van der Waals surface area contributed by atoms with Crippen molar-refractivity contribution in [1.82, 2.24) is 19.7 Å². The normalized spacial score (nSPS) is 20.4. The van der Waals surface area contributed by atoms with E-state index in [0.717, 1.165) is 31.1 Å². The van der Waals surface area contributed by atoms with Gasteiger partial charge >= 0.3 is 11.7 Å². The molecule has 1 atom stereocenters. The summed E-state index contributed by atoms with van der Waals surface area (Å²) in [6.45, 7) is 1.60.